The van der Waals surface area contributed by atoms with Gasteiger partial charge in [-0.25, -0.2) is 4.98 Å². The van der Waals surface area contributed by atoms with Crippen molar-refractivity contribution in [2.75, 3.05) is 11.4 Å². The maximum atomic E-state index is 11.4. The summed E-state index contributed by atoms with van der Waals surface area (Å²) in [6, 6.07) is 0. The van der Waals surface area contributed by atoms with Crippen LogP contribution in [0.25, 0.3) is 0 Å². The lowest BCUT2D eigenvalue weighted by Gasteiger charge is -2.13. The van der Waals surface area contributed by atoms with Crippen molar-refractivity contribution in [1.29, 1.82) is 0 Å². The van der Waals surface area contributed by atoms with Crippen LogP contribution in [0, 0.1) is 0 Å². The zero-order valence-corrected chi connectivity index (χ0v) is 9.86. The SMILES string of the molecule is O=C1CC(O)CN1c1ncc(Br)c(Cl)n1. The molecular formula is C8H7BrClN3O2. The first-order valence-corrected chi connectivity index (χ1v) is 5.41. The first-order valence-electron chi connectivity index (χ1n) is 4.24. The van der Waals surface area contributed by atoms with Gasteiger partial charge in [0, 0.05) is 6.20 Å². The van der Waals surface area contributed by atoms with Crippen molar-refractivity contribution in [3.05, 3.63) is 15.8 Å². The highest BCUT2D eigenvalue weighted by atomic mass is 79.9. The number of hydrogen-bond donors (Lipinski definition) is 1. The summed E-state index contributed by atoms with van der Waals surface area (Å²) in [7, 11) is 0. The minimum atomic E-state index is -0.650. The lowest BCUT2D eigenvalue weighted by molar-refractivity contribution is -0.117. The van der Waals surface area contributed by atoms with Gasteiger partial charge in [-0.3, -0.25) is 9.69 Å². The Balaban J connectivity index is 2.30. The lowest BCUT2D eigenvalue weighted by Crippen LogP contribution is -2.27. The summed E-state index contributed by atoms with van der Waals surface area (Å²) >= 11 is 8.93. The van der Waals surface area contributed by atoms with Crippen LogP contribution < -0.4 is 4.90 Å². The van der Waals surface area contributed by atoms with Gasteiger partial charge in [-0.1, -0.05) is 11.6 Å². The molecule has 1 amide bonds. The molecule has 0 aromatic carbocycles. The predicted octanol–water partition coefficient (Wildman–Crippen LogP) is 0.990. The highest BCUT2D eigenvalue weighted by Crippen LogP contribution is 2.23. The molecule has 15 heavy (non-hydrogen) atoms. The van der Waals surface area contributed by atoms with E-state index in [-0.39, 0.29) is 30.0 Å². The van der Waals surface area contributed by atoms with Crippen molar-refractivity contribution in [2.24, 2.45) is 0 Å². The highest BCUT2D eigenvalue weighted by Gasteiger charge is 2.31. The number of β-amino-alcohol motifs (C(OH)–C–C–N with tert-alkyl or cyclic N) is 1. The molecular weight excluding hydrogens is 285 g/mol. The summed E-state index contributed by atoms with van der Waals surface area (Å²) < 4.78 is 0.570. The first-order chi connectivity index (χ1) is 7.08. The summed E-state index contributed by atoms with van der Waals surface area (Å²) in [5.74, 6) is 0.0330. The van der Waals surface area contributed by atoms with E-state index in [4.69, 9.17) is 11.6 Å². The third-order valence-corrected chi connectivity index (χ3v) is 3.13. The molecule has 1 aromatic heterocycles. The van der Waals surface area contributed by atoms with Gasteiger partial charge in [0.05, 0.1) is 23.5 Å². The summed E-state index contributed by atoms with van der Waals surface area (Å²) in [5.41, 5.74) is 0. The van der Waals surface area contributed by atoms with Crippen LogP contribution in [0.4, 0.5) is 5.95 Å². The molecule has 0 aliphatic carbocycles. The van der Waals surface area contributed by atoms with Gasteiger partial charge in [0.25, 0.3) is 0 Å². The van der Waals surface area contributed by atoms with E-state index in [2.05, 4.69) is 25.9 Å². The molecule has 1 unspecified atom stereocenters. The molecule has 0 spiro atoms. The fourth-order valence-corrected chi connectivity index (χ4v) is 1.67. The molecule has 1 N–H and O–H groups in total. The number of anilines is 1. The number of aromatic nitrogens is 2. The van der Waals surface area contributed by atoms with E-state index in [9.17, 15) is 9.90 Å². The molecule has 1 aliphatic heterocycles. The van der Waals surface area contributed by atoms with Gasteiger partial charge in [0.15, 0.2) is 0 Å². The monoisotopic (exact) mass is 291 g/mol. The van der Waals surface area contributed by atoms with Crippen LogP contribution in [0.15, 0.2) is 10.7 Å². The van der Waals surface area contributed by atoms with E-state index >= 15 is 0 Å². The molecule has 7 heteroatoms. The number of carbonyl (C=O) groups excluding carboxylic acids is 1. The Morgan fingerprint density at radius 1 is 1.67 bits per heavy atom. The van der Waals surface area contributed by atoms with Crippen LogP contribution in [0.3, 0.4) is 0 Å². The van der Waals surface area contributed by atoms with Crippen molar-refractivity contribution in [3.63, 3.8) is 0 Å². The predicted molar refractivity (Wildman–Crippen MR) is 57.7 cm³/mol. The van der Waals surface area contributed by atoms with Crippen molar-refractivity contribution >= 4 is 39.4 Å². The van der Waals surface area contributed by atoms with Crippen LogP contribution in [0.5, 0.6) is 0 Å². The molecule has 80 valence electrons. The standard InChI is InChI=1S/C8H7BrClN3O2/c9-5-2-11-8(12-7(5)10)13-3-4(14)1-6(13)15/h2,4,14H,1,3H2. The number of nitrogens with zero attached hydrogens (tertiary/aromatic N) is 3. The summed E-state index contributed by atoms with van der Waals surface area (Å²) in [6.07, 6.45) is 0.934. The van der Waals surface area contributed by atoms with Crippen LogP contribution in [-0.2, 0) is 4.79 Å². The molecule has 1 saturated heterocycles. The minimum Gasteiger partial charge on any atom is -0.391 e. The van der Waals surface area contributed by atoms with Crippen molar-refractivity contribution in [1.82, 2.24) is 9.97 Å². The van der Waals surface area contributed by atoms with Gasteiger partial charge in [0.2, 0.25) is 11.9 Å². The van der Waals surface area contributed by atoms with Gasteiger partial charge in [0.1, 0.15) is 5.15 Å². The zero-order valence-electron chi connectivity index (χ0n) is 7.52. The van der Waals surface area contributed by atoms with E-state index in [0.717, 1.165) is 0 Å². The van der Waals surface area contributed by atoms with Crippen LogP contribution in [0.1, 0.15) is 6.42 Å². The Morgan fingerprint density at radius 2 is 2.40 bits per heavy atom. The number of aliphatic hydroxyl groups excluding tert-OH is 1. The average Bonchev–Trinajstić information content (AvgIpc) is 2.50. The Morgan fingerprint density at radius 3 is 2.93 bits per heavy atom. The van der Waals surface area contributed by atoms with E-state index in [1.807, 2.05) is 0 Å². The van der Waals surface area contributed by atoms with E-state index < -0.39 is 6.10 Å². The number of aliphatic hydroxyl groups is 1. The topological polar surface area (TPSA) is 66.3 Å². The van der Waals surface area contributed by atoms with Gasteiger partial charge < -0.3 is 5.11 Å². The fraction of sp³-hybridized carbons (Fsp3) is 0.375. The molecule has 0 bridgehead atoms. The van der Waals surface area contributed by atoms with Gasteiger partial charge >= 0.3 is 0 Å². The lowest BCUT2D eigenvalue weighted by atomic mass is 10.3. The summed E-state index contributed by atoms with van der Waals surface area (Å²) in [4.78, 5) is 20.6. The minimum absolute atomic E-state index is 0.108. The zero-order chi connectivity index (χ0) is 11.0. The largest absolute Gasteiger partial charge is 0.391 e. The summed E-state index contributed by atoms with van der Waals surface area (Å²) in [6.45, 7) is 0.219. The Kier molecular flexibility index (Phi) is 2.90. The summed E-state index contributed by atoms with van der Waals surface area (Å²) in [5, 5.41) is 9.54. The molecule has 1 atom stereocenters. The molecule has 0 radical (unpaired) electrons. The molecule has 1 fully saturated rings. The number of hydrogen-bond acceptors (Lipinski definition) is 4. The van der Waals surface area contributed by atoms with Crippen molar-refractivity contribution < 1.29 is 9.90 Å². The number of carbonyl (C=O) groups is 1. The van der Waals surface area contributed by atoms with Crippen LogP contribution in [-0.4, -0.2) is 33.6 Å². The maximum Gasteiger partial charge on any atom is 0.233 e. The molecule has 1 aliphatic rings. The Hall–Kier alpha value is -0.720. The van der Waals surface area contributed by atoms with Crippen molar-refractivity contribution in [3.8, 4) is 0 Å². The third kappa shape index (κ3) is 2.11. The van der Waals surface area contributed by atoms with E-state index in [0.29, 0.717) is 4.47 Å². The highest BCUT2D eigenvalue weighted by molar-refractivity contribution is 9.10. The average molecular weight is 293 g/mol. The van der Waals surface area contributed by atoms with E-state index in [1.165, 1.54) is 11.1 Å². The van der Waals surface area contributed by atoms with Crippen molar-refractivity contribution in [2.45, 2.75) is 12.5 Å². The number of halogens is 2. The number of amides is 1. The first kappa shape index (κ1) is 10.8. The second kappa shape index (κ2) is 4.03. The maximum absolute atomic E-state index is 11.4. The second-order valence-corrected chi connectivity index (χ2v) is 4.38. The van der Waals surface area contributed by atoms with E-state index in [1.54, 1.807) is 0 Å². The molecule has 0 saturated carbocycles. The van der Waals surface area contributed by atoms with Gasteiger partial charge in [-0.15, -0.1) is 0 Å². The number of rotatable bonds is 1. The van der Waals surface area contributed by atoms with Gasteiger partial charge in [-0.05, 0) is 15.9 Å². The molecule has 2 rings (SSSR count). The quantitative estimate of drug-likeness (QED) is 0.784. The Bertz CT molecular complexity index is 415. The van der Waals surface area contributed by atoms with Gasteiger partial charge in [-0.2, -0.15) is 4.98 Å². The Labute approximate surface area is 99.2 Å². The molecule has 2 heterocycles. The molecule has 5 nitrogen and oxygen atoms in total. The van der Waals surface area contributed by atoms with Crippen LogP contribution >= 0.6 is 27.5 Å². The fourth-order valence-electron chi connectivity index (χ4n) is 1.35. The smallest absolute Gasteiger partial charge is 0.233 e. The molecule has 1 aromatic rings. The second-order valence-electron chi connectivity index (χ2n) is 3.17. The third-order valence-electron chi connectivity index (χ3n) is 2.03. The normalized spacial score (nSPS) is 21.1. The van der Waals surface area contributed by atoms with Crippen LogP contribution in [0.2, 0.25) is 5.15 Å².